The van der Waals surface area contributed by atoms with Gasteiger partial charge < -0.3 is 5.73 Å². The third-order valence-electron chi connectivity index (χ3n) is 3.44. The van der Waals surface area contributed by atoms with Gasteiger partial charge in [-0.1, -0.05) is 45.1 Å². The van der Waals surface area contributed by atoms with Crippen molar-refractivity contribution in [3.63, 3.8) is 0 Å². The molecule has 5 heteroatoms. The summed E-state index contributed by atoms with van der Waals surface area (Å²) in [5.41, 5.74) is 6.87. The van der Waals surface area contributed by atoms with Crippen LogP contribution >= 0.6 is 0 Å². The van der Waals surface area contributed by atoms with Gasteiger partial charge >= 0.3 is 0 Å². The first-order valence-electron chi connectivity index (χ1n) is 7.33. The molecule has 0 bridgehead atoms. The summed E-state index contributed by atoms with van der Waals surface area (Å²) < 4.78 is 27.0. The maximum atomic E-state index is 12.2. The number of nitrogens with two attached hydrogens (primary N) is 1. The first kappa shape index (κ1) is 17.0. The summed E-state index contributed by atoms with van der Waals surface area (Å²) in [6.07, 6.45) is 6.84. The number of anilines is 1. The number of hydrogen-bond donors (Lipinski definition) is 2. The highest BCUT2D eigenvalue weighted by Crippen LogP contribution is 2.20. The molecule has 1 rings (SSSR count). The van der Waals surface area contributed by atoms with E-state index in [0.717, 1.165) is 12.8 Å². The highest BCUT2D eigenvalue weighted by Gasteiger charge is 2.16. The summed E-state index contributed by atoms with van der Waals surface area (Å²) in [6, 6.07) is 4.97. The van der Waals surface area contributed by atoms with E-state index in [1.54, 1.807) is 25.1 Å². The number of benzene rings is 1. The number of sulfonamides is 1. The van der Waals surface area contributed by atoms with Gasteiger partial charge in [-0.3, -0.25) is 0 Å². The molecule has 1 aromatic rings. The Balaban J connectivity index is 2.44. The zero-order valence-corrected chi connectivity index (χ0v) is 13.3. The van der Waals surface area contributed by atoms with E-state index in [0.29, 0.717) is 17.8 Å². The molecule has 0 atom stereocenters. The van der Waals surface area contributed by atoms with Gasteiger partial charge in [0, 0.05) is 12.2 Å². The Morgan fingerprint density at radius 1 is 1.10 bits per heavy atom. The average Bonchev–Trinajstić information content (AvgIpc) is 2.40. The van der Waals surface area contributed by atoms with Crippen LogP contribution in [0.15, 0.2) is 23.1 Å². The predicted molar refractivity (Wildman–Crippen MR) is 84.2 cm³/mol. The van der Waals surface area contributed by atoms with E-state index in [1.165, 1.54) is 25.7 Å². The molecular formula is C15H26N2O2S. The van der Waals surface area contributed by atoms with E-state index in [4.69, 9.17) is 5.73 Å². The minimum atomic E-state index is -3.44. The van der Waals surface area contributed by atoms with Crippen LogP contribution in [-0.2, 0) is 10.0 Å². The zero-order chi connectivity index (χ0) is 15.0. The van der Waals surface area contributed by atoms with Gasteiger partial charge in [0.1, 0.15) is 0 Å². The Kier molecular flexibility index (Phi) is 7.02. The van der Waals surface area contributed by atoms with Crippen LogP contribution in [0.4, 0.5) is 5.69 Å². The topological polar surface area (TPSA) is 72.2 Å². The number of nitrogen functional groups attached to an aromatic ring is 1. The van der Waals surface area contributed by atoms with Crippen molar-refractivity contribution in [1.82, 2.24) is 4.72 Å². The fourth-order valence-electron chi connectivity index (χ4n) is 2.11. The molecule has 3 N–H and O–H groups in total. The maximum Gasteiger partial charge on any atom is 0.240 e. The van der Waals surface area contributed by atoms with Crippen molar-refractivity contribution >= 4 is 15.7 Å². The molecule has 0 unspecified atom stereocenters. The quantitative estimate of drug-likeness (QED) is 0.543. The van der Waals surface area contributed by atoms with Crippen molar-refractivity contribution in [3.05, 3.63) is 23.8 Å². The van der Waals surface area contributed by atoms with Crippen LogP contribution in [0.3, 0.4) is 0 Å². The van der Waals surface area contributed by atoms with Crippen molar-refractivity contribution in [1.29, 1.82) is 0 Å². The smallest absolute Gasteiger partial charge is 0.240 e. The summed E-state index contributed by atoms with van der Waals surface area (Å²) in [4.78, 5) is 0.281. The van der Waals surface area contributed by atoms with Crippen molar-refractivity contribution in [3.8, 4) is 0 Å². The molecule has 0 heterocycles. The normalized spacial score (nSPS) is 11.7. The van der Waals surface area contributed by atoms with Gasteiger partial charge in [0.25, 0.3) is 0 Å². The van der Waals surface area contributed by atoms with Gasteiger partial charge in [-0.05, 0) is 31.0 Å². The molecule has 0 fully saturated rings. The number of rotatable bonds is 9. The van der Waals surface area contributed by atoms with Gasteiger partial charge in [0.2, 0.25) is 10.0 Å². The van der Waals surface area contributed by atoms with Crippen molar-refractivity contribution in [2.75, 3.05) is 12.3 Å². The van der Waals surface area contributed by atoms with Crippen molar-refractivity contribution in [2.45, 2.75) is 57.3 Å². The molecular weight excluding hydrogens is 272 g/mol. The van der Waals surface area contributed by atoms with Crippen LogP contribution in [0.1, 0.15) is 51.0 Å². The molecule has 0 amide bonds. The lowest BCUT2D eigenvalue weighted by Gasteiger charge is -2.10. The molecule has 0 spiro atoms. The monoisotopic (exact) mass is 298 g/mol. The van der Waals surface area contributed by atoms with Crippen molar-refractivity contribution in [2.24, 2.45) is 0 Å². The van der Waals surface area contributed by atoms with Crippen LogP contribution < -0.4 is 10.5 Å². The molecule has 0 saturated carbocycles. The summed E-state index contributed by atoms with van der Waals surface area (Å²) >= 11 is 0. The van der Waals surface area contributed by atoms with Crippen molar-refractivity contribution < 1.29 is 8.42 Å². The zero-order valence-electron chi connectivity index (χ0n) is 12.5. The summed E-state index contributed by atoms with van der Waals surface area (Å²) in [6.45, 7) is 4.40. The minimum Gasteiger partial charge on any atom is -0.398 e. The molecule has 0 aliphatic carbocycles. The SMILES string of the molecule is CCCCCCCCNS(=O)(=O)c1cccc(N)c1C. The lowest BCUT2D eigenvalue weighted by molar-refractivity contribution is 0.567. The lowest BCUT2D eigenvalue weighted by atomic mass is 10.1. The van der Waals surface area contributed by atoms with E-state index >= 15 is 0 Å². The van der Waals surface area contributed by atoms with Gasteiger partial charge in [0.05, 0.1) is 4.90 Å². The molecule has 4 nitrogen and oxygen atoms in total. The lowest BCUT2D eigenvalue weighted by Crippen LogP contribution is -2.25. The summed E-state index contributed by atoms with van der Waals surface area (Å²) in [5, 5.41) is 0. The summed E-state index contributed by atoms with van der Waals surface area (Å²) in [5.74, 6) is 0. The van der Waals surface area contributed by atoms with Gasteiger partial charge in [-0.2, -0.15) is 0 Å². The van der Waals surface area contributed by atoms with E-state index in [-0.39, 0.29) is 4.90 Å². The fraction of sp³-hybridized carbons (Fsp3) is 0.600. The van der Waals surface area contributed by atoms with E-state index in [2.05, 4.69) is 11.6 Å². The number of nitrogens with one attached hydrogen (secondary N) is 1. The molecule has 0 aliphatic rings. The Bertz CT molecular complexity index is 513. The highest BCUT2D eigenvalue weighted by atomic mass is 32.2. The number of unbranched alkanes of at least 4 members (excludes halogenated alkanes) is 5. The molecule has 1 aromatic carbocycles. The second-order valence-corrected chi connectivity index (χ2v) is 6.87. The van der Waals surface area contributed by atoms with Crippen LogP contribution in [0, 0.1) is 6.92 Å². The Hall–Kier alpha value is -1.07. The standard InChI is InChI=1S/C15H26N2O2S/c1-3-4-5-6-7-8-12-17-20(18,19)15-11-9-10-14(16)13(15)2/h9-11,17H,3-8,12,16H2,1-2H3. The Labute approximate surface area is 122 Å². The predicted octanol–water partition coefficient (Wildman–Crippen LogP) is 3.22. The third kappa shape index (κ3) is 5.13. The maximum absolute atomic E-state index is 12.2. The summed E-state index contributed by atoms with van der Waals surface area (Å²) in [7, 11) is -3.44. The van der Waals surface area contributed by atoms with Crippen LogP contribution in [-0.4, -0.2) is 15.0 Å². The van der Waals surface area contributed by atoms with Crippen LogP contribution in [0.2, 0.25) is 0 Å². The van der Waals surface area contributed by atoms with Gasteiger partial charge in [0.15, 0.2) is 0 Å². The molecule has 0 aliphatic heterocycles. The van der Waals surface area contributed by atoms with Gasteiger partial charge in [-0.15, -0.1) is 0 Å². The largest absolute Gasteiger partial charge is 0.398 e. The second kappa shape index (κ2) is 8.27. The molecule has 114 valence electrons. The minimum absolute atomic E-state index is 0.281. The first-order chi connectivity index (χ1) is 9.49. The van der Waals surface area contributed by atoms with Crippen LogP contribution in [0.25, 0.3) is 0 Å². The molecule has 20 heavy (non-hydrogen) atoms. The van der Waals surface area contributed by atoms with E-state index in [1.807, 2.05) is 0 Å². The van der Waals surface area contributed by atoms with E-state index < -0.39 is 10.0 Å². The molecule has 0 saturated heterocycles. The van der Waals surface area contributed by atoms with Gasteiger partial charge in [-0.25, -0.2) is 13.1 Å². The molecule has 0 aromatic heterocycles. The third-order valence-corrected chi connectivity index (χ3v) is 5.04. The highest BCUT2D eigenvalue weighted by molar-refractivity contribution is 7.89. The second-order valence-electron chi connectivity index (χ2n) is 5.14. The van der Waals surface area contributed by atoms with E-state index in [9.17, 15) is 8.42 Å². The molecule has 0 radical (unpaired) electrons. The average molecular weight is 298 g/mol. The number of hydrogen-bond acceptors (Lipinski definition) is 3. The van der Waals surface area contributed by atoms with Crippen LogP contribution in [0.5, 0.6) is 0 Å². The Morgan fingerprint density at radius 2 is 1.75 bits per heavy atom. The first-order valence-corrected chi connectivity index (χ1v) is 8.82. The fourth-order valence-corrected chi connectivity index (χ4v) is 3.46. The Morgan fingerprint density at radius 3 is 2.45 bits per heavy atom.